The van der Waals surface area contributed by atoms with Crippen molar-refractivity contribution in [2.24, 2.45) is 5.73 Å². The van der Waals surface area contributed by atoms with Gasteiger partial charge in [-0.2, -0.15) is 5.26 Å². The first-order valence-electron chi connectivity index (χ1n) is 8.27. The van der Waals surface area contributed by atoms with Crippen LogP contribution >= 0.6 is 0 Å². The van der Waals surface area contributed by atoms with Gasteiger partial charge in [0.2, 0.25) is 5.91 Å². The van der Waals surface area contributed by atoms with Crippen LogP contribution in [0.1, 0.15) is 24.8 Å². The Morgan fingerprint density at radius 3 is 2.48 bits per heavy atom. The molecule has 2 saturated heterocycles. The summed E-state index contributed by atoms with van der Waals surface area (Å²) in [6.07, 6.45) is 2.12. The second-order valence-corrected chi connectivity index (χ2v) is 6.84. The number of rotatable bonds is 2. The van der Waals surface area contributed by atoms with Gasteiger partial charge in [-0.15, -0.1) is 0 Å². The molecule has 2 aliphatic heterocycles. The van der Waals surface area contributed by atoms with Crippen molar-refractivity contribution in [2.45, 2.75) is 36.8 Å². The van der Waals surface area contributed by atoms with Crippen molar-refractivity contribution in [3.8, 4) is 6.07 Å². The fourth-order valence-electron chi connectivity index (χ4n) is 3.87. The zero-order valence-corrected chi connectivity index (χ0v) is 13.6. The van der Waals surface area contributed by atoms with Gasteiger partial charge in [0.1, 0.15) is 0 Å². The number of hydrogen-bond donors (Lipinski definition) is 1. The number of carbonyl (C=O) groups is 1. The van der Waals surface area contributed by atoms with E-state index in [-0.39, 0.29) is 18.0 Å². The molecule has 2 aliphatic rings. The molecule has 2 fully saturated rings. The van der Waals surface area contributed by atoms with Crippen LogP contribution in [-0.4, -0.2) is 54.5 Å². The monoisotopic (exact) mass is 312 g/mol. The maximum absolute atomic E-state index is 12.7. The molecule has 1 aromatic carbocycles. The predicted molar refractivity (Wildman–Crippen MR) is 88.6 cm³/mol. The summed E-state index contributed by atoms with van der Waals surface area (Å²) in [6.45, 7) is 2.05. The van der Waals surface area contributed by atoms with Crippen LogP contribution in [0.4, 0.5) is 0 Å². The van der Waals surface area contributed by atoms with E-state index in [2.05, 4.69) is 11.0 Å². The molecular weight excluding hydrogens is 288 g/mol. The van der Waals surface area contributed by atoms with Gasteiger partial charge < -0.3 is 10.6 Å². The van der Waals surface area contributed by atoms with Crippen molar-refractivity contribution in [3.05, 3.63) is 35.9 Å². The van der Waals surface area contributed by atoms with Gasteiger partial charge in [-0.05, 0) is 31.9 Å². The Labute approximate surface area is 137 Å². The van der Waals surface area contributed by atoms with Crippen molar-refractivity contribution in [1.29, 1.82) is 5.26 Å². The van der Waals surface area contributed by atoms with Crippen LogP contribution in [0, 0.1) is 11.3 Å². The number of likely N-dealkylation sites (tertiary alicyclic amines) is 2. The van der Waals surface area contributed by atoms with E-state index in [9.17, 15) is 10.1 Å². The van der Waals surface area contributed by atoms with Crippen molar-refractivity contribution >= 4 is 5.91 Å². The molecule has 5 nitrogen and oxygen atoms in total. The van der Waals surface area contributed by atoms with Crippen LogP contribution in [0.5, 0.6) is 0 Å². The molecule has 0 saturated carbocycles. The number of nitrogens with zero attached hydrogens (tertiary/aromatic N) is 3. The van der Waals surface area contributed by atoms with Gasteiger partial charge in [0.15, 0.2) is 0 Å². The molecule has 2 heterocycles. The highest BCUT2D eigenvalue weighted by Gasteiger charge is 2.41. The Bertz CT molecular complexity index is 601. The zero-order chi connectivity index (χ0) is 16.4. The molecule has 3 rings (SSSR count). The van der Waals surface area contributed by atoms with Crippen LogP contribution < -0.4 is 5.73 Å². The average molecular weight is 312 g/mol. The van der Waals surface area contributed by atoms with E-state index >= 15 is 0 Å². The molecule has 23 heavy (non-hydrogen) atoms. The molecule has 0 radical (unpaired) electrons. The number of amides is 1. The molecule has 1 aromatic rings. The number of nitriles is 1. The molecule has 0 aliphatic carbocycles. The summed E-state index contributed by atoms with van der Waals surface area (Å²) in [5, 5.41) is 9.73. The molecule has 2 N–H and O–H groups in total. The van der Waals surface area contributed by atoms with E-state index in [0.717, 1.165) is 18.5 Å². The van der Waals surface area contributed by atoms with Crippen LogP contribution in [0.15, 0.2) is 30.3 Å². The summed E-state index contributed by atoms with van der Waals surface area (Å²) in [4.78, 5) is 16.7. The minimum absolute atomic E-state index is 0.0845. The van der Waals surface area contributed by atoms with Crippen molar-refractivity contribution in [2.75, 3.05) is 26.7 Å². The number of nitrogens with two attached hydrogens (primary N) is 1. The molecule has 0 aromatic heterocycles. The number of benzene rings is 1. The lowest BCUT2D eigenvalue weighted by Gasteiger charge is -2.39. The quantitative estimate of drug-likeness (QED) is 0.887. The molecular formula is C18H24N4O. The molecule has 0 unspecified atom stereocenters. The van der Waals surface area contributed by atoms with E-state index in [1.165, 1.54) is 0 Å². The van der Waals surface area contributed by atoms with E-state index in [0.29, 0.717) is 25.9 Å². The topological polar surface area (TPSA) is 73.4 Å². The Hall–Kier alpha value is -1.90. The SMILES string of the molecule is CN1C[C@@H](N)C[C@H]1C(=O)N1CCC(C#N)(c2ccccc2)CC1. The third kappa shape index (κ3) is 2.97. The lowest BCUT2D eigenvalue weighted by atomic mass is 9.74. The largest absolute Gasteiger partial charge is 0.341 e. The fraction of sp³-hybridized carbons (Fsp3) is 0.556. The molecule has 0 bridgehead atoms. The van der Waals surface area contributed by atoms with E-state index in [1.807, 2.05) is 42.3 Å². The van der Waals surface area contributed by atoms with E-state index in [4.69, 9.17) is 5.73 Å². The first kappa shape index (κ1) is 16.0. The van der Waals surface area contributed by atoms with Gasteiger partial charge in [-0.3, -0.25) is 9.69 Å². The van der Waals surface area contributed by atoms with Gasteiger partial charge in [0.25, 0.3) is 0 Å². The summed E-state index contributed by atoms with van der Waals surface area (Å²) < 4.78 is 0. The summed E-state index contributed by atoms with van der Waals surface area (Å²) >= 11 is 0. The number of carbonyl (C=O) groups excluding carboxylic acids is 1. The molecule has 5 heteroatoms. The van der Waals surface area contributed by atoms with Gasteiger partial charge in [0, 0.05) is 25.7 Å². The van der Waals surface area contributed by atoms with Crippen LogP contribution in [0.25, 0.3) is 0 Å². The fourth-order valence-corrected chi connectivity index (χ4v) is 3.87. The maximum atomic E-state index is 12.7. The number of piperidine rings is 1. The predicted octanol–water partition coefficient (Wildman–Crippen LogP) is 1.10. The second kappa shape index (κ2) is 6.31. The van der Waals surface area contributed by atoms with Crippen LogP contribution in [0.2, 0.25) is 0 Å². The molecule has 2 atom stereocenters. The molecule has 1 amide bonds. The second-order valence-electron chi connectivity index (χ2n) is 6.84. The number of likely N-dealkylation sites (N-methyl/N-ethyl adjacent to an activating group) is 1. The van der Waals surface area contributed by atoms with Crippen molar-refractivity contribution in [1.82, 2.24) is 9.80 Å². The lowest BCUT2D eigenvalue weighted by Crippen LogP contribution is -2.50. The van der Waals surface area contributed by atoms with Gasteiger partial charge >= 0.3 is 0 Å². The highest BCUT2D eigenvalue weighted by molar-refractivity contribution is 5.82. The highest BCUT2D eigenvalue weighted by atomic mass is 16.2. The van der Waals surface area contributed by atoms with Gasteiger partial charge in [-0.25, -0.2) is 0 Å². The Morgan fingerprint density at radius 2 is 1.96 bits per heavy atom. The zero-order valence-electron chi connectivity index (χ0n) is 13.6. The first-order chi connectivity index (χ1) is 11.1. The standard InChI is InChI=1S/C18H24N4O/c1-21-12-15(20)11-16(21)17(23)22-9-7-18(13-19,8-10-22)14-5-3-2-4-6-14/h2-6,15-16H,7-12,20H2,1H3/t15-,16-/m0/s1. The Kier molecular flexibility index (Phi) is 4.38. The smallest absolute Gasteiger partial charge is 0.239 e. The third-order valence-corrected chi connectivity index (χ3v) is 5.33. The third-order valence-electron chi connectivity index (χ3n) is 5.33. The first-order valence-corrected chi connectivity index (χ1v) is 8.27. The van der Waals surface area contributed by atoms with E-state index < -0.39 is 5.41 Å². The highest BCUT2D eigenvalue weighted by Crippen LogP contribution is 2.35. The Morgan fingerprint density at radius 1 is 1.30 bits per heavy atom. The maximum Gasteiger partial charge on any atom is 0.239 e. The van der Waals surface area contributed by atoms with Gasteiger partial charge in [0.05, 0.1) is 17.5 Å². The summed E-state index contributed by atoms with van der Waals surface area (Å²) in [6, 6.07) is 12.4. The van der Waals surface area contributed by atoms with Gasteiger partial charge in [-0.1, -0.05) is 30.3 Å². The minimum Gasteiger partial charge on any atom is -0.341 e. The Balaban J connectivity index is 1.68. The minimum atomic E-state index is -0.462. The van der Waals surface area contributed by atoms with Crippen molar-refractivity contribution < 1.29 is 4.79 Å². The number of hydrogen-bond acceptors (Lipinski definition) is 4. The average Bonchev–Trinajstić information content (AvgIpc) is 2.93. The normalized spacial score (nSPS) is 27.6. The summed E-state index contributed by atoms with van der Waals surface area (Å²) in [5.74, 6) is 0.167. The molecule has 0 spiro atoms. The summed E-state index contributed by atoms with van der Waals surface area (Å²) in [7, 11) is 1.96. The van der Waals surface area contributed by atoms with Crippen LogP contribution in [0.3, 0.4) is 0 Å². The lowest BCUT2D eigenvalue weighted by molar-refractivity contribution is -0.137. The van der Waals surface area contributed by atoms with E-state index in [1.54, 1.807) is 0 Å². The van der Waals surface area contributed by atoms with Crippen LogP contribution in [-0.2, 0) is 10.2 Å². The van der Waals surface area contributed by atoms with Crippen molar-refractivity contribution in [3.63, 3.8) is 0 Å². The molecule has 122 valence electrons. The summed E-state index contributed by atoms with van der Waals surface area (Å²) in [5.41, 5.74) is 6.57.